The summed E-state index contributed by atoms with van der Waals surface area (Å²) in [6, 6.07) is 9.88. The lowest BCUT2D eigenvalue weighted by Crippen LogP contribution is -2.55. The number of carbonyl (C=O) groups excluding carboxylic acids is 2. The van der Waals surface area contributed by atoms with Crippen molar-refractivity contribution >= 4 is 29.5 Å². The second-order valence-electron chi connectivity index (χ2n) is 8.07. The number of hydrogen-bond acceptors (Lipinski definition) is 5. The number of rotatable bonds is 6. The molecule has 2 N–H and O–H groups in total. The van der Waals surface area contributed by atoms with Gasteiger partial charge in [0, 0.05) is 37.8 Å². The number of aromatic nitrogens is 2. The zero-order chi connectivity index (χ0) is 22.7. The fraction of sp³-hybridized carbons (Fsp3) is 0.409. The van der Waals surface area contributed by atoms with E-state index in [1.54, 1.807) is 4.90 Å². The lowest BCUT2D eigenvalue weighted by Gasteiger charge is -2.35. The highest BCUT2D eigenvalue weighted by atomic mass is 35.5. The Bertz CT molecular complexity index is 1010. The van der Waals surface area contributed by atoms with Crippen LogP contribution in [-0.2, 0) is 4.79 Å². The molecule has 0 spiro atoms. The third-order valence-corrected chi connectivity index (χ3v) is 5.88. The maximum atomic E-state index is 13.1. The Hall–Kier alpha value is -3.20. The van der Waals surface area contributed by atoms with Crippen molar-refractivity contribution in [2.45, 2.75) is 25.3 Å². The summed E-state index contributed by atoms with van der Waals surface area (Å²) in [5.74, 6) is 0.0462. The Morgan fingerprint density at radius 2 is 1.72 bits per heavy atom. The average Bonchev–Trinajstić information content (AvgIpc) is 3.62. The van der Waals surface area contributed by atoms with Gasteiger partial charge in [0.05, 0.1) is 0 Å². The summed E-state index contributed by atoms with van der Waals surface area (Å²) < 4.78 is 0. The van der Waals surface area contributed by atoms with Crippen molar-refractivity contribution in [2.24, 2.45) is 5.92 Å². The van der Waals surface area contributed by atoms with E-state index in [4.69, 9.17) is 16.7 Å². The van der Waals surface area contributed by atoms with E-state index in [-0.39, 0.29) is 29.8 Å². The number of carboxylic acid groups (broad SMARTS) is 1. The minimum absolute atomic E-state index is 0.0909. The monoisotopic (exact) mass is 457 g/mol. The lowest BCUT2D eigenvalue weighted by molar-refractivity contribution is -0.135. The van der Waals surface area contributed by atoms with Gasteiger partial charge in [0.15, 0.2) is 5.82 Å². The summed E-state index contributed by atoms with van der Waals surface area (Å²) in [6.07, 6.45) is 1.62. The fourth-order valence-electron chi connectivity index (χ4n) is 3.73. The van der Waals surface area contributed by atoms with E-state index in [0.29, 0.717) is 31.3 Å². The molecule has 1 aromatic carbocycles. The van der Waals surface area contributed by atoms with E-state index in [2.05, 4.69) is 15.3 Å². The molecule has 9 nitrogen and oxygen atoms in total. The van der Waals surface area contributed by atoms with Crippen molar-refractivity contribution < 1.29 is 19.5 Å². The standard InChI is InChI=1S/C22H24ClN5O4/c23-18-13-16(24-19(26-18)15-4-2-1-3-5-15)20(29)25-17(12-14-6-7-14)21(30)27-8-10-28(11-9-27)22(31)32/h1-5,13-14,17H,6-12H2,(H,25,29)(H,31,32)/t17-/m0/s1. The molecule has 0 radical (unpaired) electrons. The van der Waals surface area contributed by atoms with Crippen molar-refractivity contribution in [1.29, 1.82) is 0 Å². The molecule has 1 aliphatic heterocycles. The molecule has 0 unspecified atom stereocenters. The number of benzene rings is 1. The molecular weight excluding hydrogens is 434 g/mol. The minimum Gasteiger partial charge on any atom is -0.465 e. The number of piperazine rings is 1. The summed E-state index contributed by atoms with van der Waals surface area (Å²) in [5.41, 5.74) is 0.819. The van der Waals surface area contributed by atoms with Crippen LogP contribution in [0.2, 0.25) is 5.15 Å². The molecule has 10 heteroatoms. The molecule has 1 atom stereocenters. The highest BCUT2D eigenvalue weighted by Crippen LogP contribution is 2.34. The Morgan fingerprint density at radius 1 is 1.06 bits per heavy atom. The molecule has 2 heterocycles. The van der Waals surface area contributed by atoms with Gasteiger partial charge < -0.3 is 20.2 Å². The van der Waals surface area contributed by atoms with Gasteiger partial charge in [-0.1, -0.05) is 54.8 Å². The van der Waals surface area contributed by atoms with E-state index in [1.807, 2.05) is 30.3 Å². The quantitative estimate of drug-likeness (QED) is 0.644. The van der Waals surface area contributed by atoms with Gasteiger partial charge in [-0.15, -0.1) is 0 Å². The lowest BCUT2D eigenvalue weighted by atomic mass is 10.1. The van der Waals surface area contributed by atoms with Gasteiger partial charge in [-0.2, -0.15) is 0 Å². The smallest absolute Gasteiger partial charge is 0.407 e. The number of carbonyl (C=O) groups is 3. The first-order valence-corrected chi connectivity index (χ1v) is 11.0. The first-order chi connectivity index (χ1) is 15.4. The van der Waals surface area contributed by atoms with E-state index in [0.717, 1.165) is 18.4 Å². The van der Waals surface area contributed by atoms with Crippen LogP contribution in [0.15, 0.2) is 36.4 Å². The molecular formula is C22H24ClN5O4. The van der Waals surface area contributed by atoms with Crippen molar-refractivity contribution in [1.82, 2.24) is 25.1 Å². The van der Waals surface area contributed by atoms with E-state index >= 15 is 0 Å². The first kappa shape index (κ1) is 22.0. The van der Waals surface area contributed by atoms with Gasteiger partial charge in [0.1, 0.15) is 16.9 Å². The number of hydrogen-bond donors (Lipinski definition) is 2. The molecule has 1 saturated heterocycles. The zero-order valence-electron chi connectivity index (χ0n) is 17.4. The maximum Gasteiger partial charge on any atom is 0.407 e. The number of nitrogens with one attached hydrogen (secondary N) is 1. The van der Waals surface area contributed by atoms with Gasteiger partial charge in [-0.25, -0.2) is 14.8 Å². The highest BCUT2D eigenvalue weighted by molar-refractivity contribution is 6.29. The number of halogens is 1. The summed E-state index contributed by atoms with van der Waals surface area (Å²) in [4.78, 5) is 48.7. The van der Waals surface area contributed by atoms with Crippen LogP contribution in [0.25, 0.3) is 11.4 Å². The van der Waals surface area contributed by atoms with Crippen LogP contribution in [0.4, 0.5) is 4.79 Å². The average molecular weight is 458 g/mol. The molecule has 1 saturated carbocycles. The van der Waals surface area contributed by atoms with Crippen LogP contribution in [-0.4, -0.2) is 75.0 Å². The molecule has 168 valence electrons. The second kappa shape index (κ2) is 9.52. The predicted octanol–water partition coefficient (Wildman–Crippen LogP) is 2.52. The van der Waals surface area contributed by atoms with Crippen molar-refractivity contribution in [2.75, 3.05) is 26.2 Å². The molecule has 1 aromatic heterocycles. The maximum absolute atomic E-state index is 13.1. The van der Waals surface area contributed by atoms with E-state index in [1.165, 1.54) is 11.0 Å². The number of amides is 3. The van der Waals surface area contributed by atoms with Crippen LogP contribution in [0, 0.1) is 5.92 Å². The molecule has 3 amide bonds. The Kier molecular flexibility index (Phi) is 6.55. The summed E-state index contributed by atoms with van der Waals surface area (Å²) >= 11 is 6.14. The second-order valence-corrected chi connectivity index (χ2v) is 8.45. The summed E-state index contributed by atoms with van der Waals surface area (Å²) in [7, 11) is 0. The van der Waals surface area contributed by atoms with Crippen molar-refractivity contribution in [3.05, 3.63) is 47.2 Å². The van der Waals surface area contributed by atoms with Crippen LogP contribution >= 0.6 is 11.6 Å². The van der Waals surface area contributed by atoms with E-state index < -0.39 is 18.0 Å². The van der Waals surface area contributed by atoms with Crippen molar-refractivity contribution in [3.8, 4) is 11.4 Å². The normalized spacial score (nSPS) is 17.0. The zero-order valence-corrected chi connectivity index (χ0v) is 18.2. The molecule has 2 fully saturated rings. The first-order valence-electron chi connectivity index (χ1n) is 10.6. The number of nitrogens with zero attached hydrogens (tertiary/aromatic N) is 4. The molecule has 2 aromatic rings. The molecule has 32 heavy (non-hydrogen) atoms. The Balaban J connectivity index is 1.48. The van der Waals surface area contributed by atoms with Gasteiger partial charge >= 0.3 is 6.09 Å². The van der Waals surface area contributed by atoms with Gasteiger partial charge in [-0.05, 0) is 12.3 Å². The SMILES string of the molecule is O=C(N[C@@H](CC1CC1)C(=O)N1CCN(C(=O)O)CC1)c1cc(Cl)nc(-c2ccccc2)n1. The largest absolute Gasteiger partial charge is 0.465 e. The molecule has 2 aliphatic rings. The van der Waals surface area contributed by atoms with Gasteiger partial charge in [0.2, 0.25) is 5.91 Å². The van der Waals surface area contributed by atoms with E-state index in [9.17, 15) is 14.4 Å². The topological polar surface area (TPSA) is 116 Å². The van der Waals surface area contributed by atoms with Crippen LogP contribution in [0.1, 0.15) is 29.8 Å². The Labute approximate surface area is 190 Å². The third-order valence-electron chi connectivity index (χ3n) is 5.69. The third kappa shape index (κ3) is 5.34. The molecule has 1 aliphatic carbocycles. The fourth-order valence-corrected chi connectivity index (χ4v) is 3.91. The minimum atomic E-state index is -0.991. The van der Waals surface area contributed by atoms with Crippen LogP contribution in [0.5, 0.6) is 0 Å². The summed E-state index contributed by atoms with van der Waals surface area (Å²) in [6.45, 7) is 1.12. The molecule has 0 bridgehead atoms. The van der Waals surface area contributed by atoms with Gasteiger partial charge in [0.25, 0.3) is 5.91 Å². The Morgan fingerprint density at radius 3 is 2.34 bits per heavy atom. The van der Waals surface area contributed by atoms with Gasteiger partial charge in [-0.3, -0.25) is 9.59 Å². The van der Waals surface area contributed by atoms with Crippen LogP contribution in [0.3, 0.4) is 0 Å². The highest BCUT2D eigenvalue weighted by Gasteiger charge is 2.34. The van der Waals surface area contributed by atoms with Crippen molar-refractivity contribution in [3.63, 3.8) is 0 Å². The predicted molar refractivity (Wildman–Crippen MR) is 117 cm³/mol. The van der Waals surface area contributed by atoms with Crippen LogP contribution < -0.4 is 5.32 Å². The summed E-state index contributed by atoms with van der Waals surface area (Å²) in [5, 5.41) is 12.1. The molecule has 4 rings (SSSR count).